The van der Waals surface area contributed by atoms with Crippen LogP contribution in [0.3, 0.4) is 0 Å². The molecule has 2 aromatic carbocycles. The number of carbonyl (C=O) groups is 1. The van der Waals surface area contributed by atoms with Gasteiger partial charge in [0.05, 0.1) is 0 Å². The molecule has 0 aliphatic carbocycles. The van der Waals surface area contributed by atoms with Crippen molar-refractivity contribution in [1.82, 2.24) is 9.80 Å². The Bertz CT molecular complexity index is 821. The van der Waals surface area contributed by atoms with Gasteiger partial charge in [0.1, 0.15) is 6.10 Å². The van der Waals surface area contributed by atoms with Crippen LogP contribution < -0.4 is 0 Å². The topological polar surface area (TPSA) is 32.8 Å². The predicted molar refractivity (Wildman–Crippen MR) is 111 cm³/mol. The number of carbonyl (C=O) groups excluding carboxylic acids is 1. The molecule has 0 unspecified atom stereocenters. The van der Waals surface area contributed by atoms with Crippen molar-refractivity contribution in [3.63, 3.8) is 0 Å². The first-order valence-corrected chi connectivity index (χ1v) is 10.1. The van der Waals surface area contributed by atoms with Gasteiger partial charge in [0, 0.05) is 44.7 Å². The van der Waals surface area contributed by atoms with E-state index < -0.39 is 0 Å². The maximum atomic E-state index is 12.2. The molecule has 0 aromatic heterocycles. The maximum absolute atomic E-state index is 12.2. The predicted octanol–water partition coefficient (Wildman–Crippen LogP) is 3.59. The quantitative estimate of drug-likeness (QED) is 0.590. The number of cyclic esters (lactones) is 1. The highest BCUT2D eigenvalue weighted by molar-refractivity contribution is 5.90. The van der Waals surface area contributed by atoms with Gasteiger partial charge in [0.2, 0.25) is 0 Å². The Balaban J connectivity index is 1.32. The summed E-state index contributed by atoms with van der Waals surface area (Å²) in [7, 11) is 2.18. The molecule has 0 radical (unpaired) electrons. The van der Waals surface area contributed by atoms with Gasteiger partial charge in [-0.2, -0.15) is 0 Å². The standard InChI is InChI=1S/C24H28N2O2/c1-25-13-15-26(16-14-25)18-20-9-7-19(8-10-20)11-12-22-17-23(28-24(22)27)21-5-3-2-4-6-21/h2-10,12,23H,11,13-18H2,1H3/b22-12-/t23-/m0/s1. The summed E-state index contributed by atoms with van der Waals surface area (Å²) in [6.07, 6.45) is 3.30. The van der Waals surface area contributed by atoms with Crippen molar-refractivity contribution in [2.45, 2.75) is 25.5 Å². The normalized spacial score (nSPS) is 22.5. The van der Waals surface area contributed by atoms with Crippen LogP contribution in [0.15, 0.2) is 66.2 Å². The number of piperazine rings is 1. The van der Waals surface area contributed by atoms with E-state index in [4.69, 9.17) is 4.74 Å². The minimum Gasteiger partial charge on any atom is -0.454 e. The van der Waals surface area contributed by atoms with Crippen LogP contribution in [0.4, 0.5) is 0 Å². The summed E-state index contributed by atoms with van der Waals surface area (Å²) in [5.74, 6) is -0.180. The van der Waals surface area contributed by atoms with Crippen molar-refractivity contribution in [2.24, 2.45) is 0 Å². The number of hydrogen-bond acceptors (Lipinski definition) is 4. The lowest BCUT2D eigenvalue weighted by Gasteiger charge is -2.32. The summed E-state index contributed by atoms with van der Waals surface area (Å²) < 4.78 is 5.54. The first-order valence-electron chi connectivity index (χ1n) is 10.1. The van der Waals surface area contributed by atoms with E-state index in [0.717, 1.165) is 50.3 Å². The van der Waals surface area contributed by atoms with Crippen molar-refractivity contribution in [2.75, 3.05) is 33.2 Å². The smallest absolute Gasteiger partial charge is 0.334 e. The Morgan fingerprint density at radius 3 is 2.36 bits per heavy atom. The molecule has 0 N–H and O–H groups in total. The van der Waals surface area contributed by atoms with E-state index in [2.05, 4.69) is 41.1 Å². The summed E-state index contributed by atoms with van der Waals surface area (Å²) in [6.45, 7) is 5.57. The highest BCUT2D eigenvalue weighted by Gasteiger charge is 2.29. The van der Waals surface area contributed by atoms with E-state index in [1.807, 2.05) is 36.4 Å². The molecule has 1 atom stereocenters. The molecular formula is C24H28N2O2. The average molecular weight is 377 g/mol. The molecular weight excluding hydrogens is 348 g/mol. The lowest BCUT2D eigenvalue weighted by Crippen LogP contribution is -2.43. The van der Waals surface area contributed by atoms with E-state index in [-0.39, 0.29) is 12.1 Å². The molecule has 0 saturated carbocycles. The van der Waals surface area contributed by atoms with E-state index in [9.17, 15) is 4.79 Å². The summed E-state index contributed by atoms with van der Waals surface area (Å²) in [4.78, 5) is 17.1. The van der Waals surface area contributed by atoms with Gasteiger partial charge in [-0.25, -0.2) is 4.79 Å². The van der Waals surface area contributed by atoms with Crippen LogP contribution in [-0.4, -0.2) is 49.0 Å². The van der Waals surface area contributed by atoms with Crippen LogP contribution in [0.2, 0.25) is 0 Å². The van der Waals surface area contributed by atoms with Gasteiger partial charge in [-0.05, 0) is 30.2 Å². The van der Waals surface area contributed by atoms with Gasteiger partial charge >= 0.3 is 5.97 Å². The first kappa shape index (κ1) is 18.9. The molecule has 2 aromatic rings. The number of rotatable bonds is 5. The van der Waals surface area contributed by atoms with Crippen molar-refractivity contribution in [1.29, 1.82) is 0 Å². The third-order valence-electron chi connectivity index (χ3n) is 5.70. The van der Waals surface area contributed by atoms with Crippen LogP contribution in [0.5, 0.6) is 0 Å². The largest absolute Gasteiger partial charge is 0.454 e. The molecule has 2 aliphatic rings. The summed E-state index contributed by atoms with van der Waals surface area (Å²) in [5.41, 5.74) is 4.43. The Hall–Kier alpha value is -2.43. The molecule has 4 heteroatoms. The van der Waals surface area contributed by atoms with Crippen molar-refractivity contribution in [3.8, 4) is 0 Å². The van der Waals surface area contributed by atoms with Crippen molar-refractivity contribution in [3.05, 3.63) is 82.9 Å². The van der Waals surface area contributed by atoms with Crippen molar-refractivity contribution < 1.29 is 9.53 Å². The third-order valence-corrected chi connectivity index (χ3v) is 5.70. The van der Waals surface area contributed by atoms with E-state index >= 15 is 0 Å². The number of hydrogen-bond donors (Lipinski definition) is 0. The Labute approximate surface area is 167 Å². The Morgan fingerprint density at radius 1 is 0.964 bits per heavy atom. The fraction of sp³-hybridized carbons (Fsp3) is 0.375. The number of benzene rings is 2. The fourth-order valence-corrected chi connectivity index (χ4v) is 3.84. The highest BCUT2D eigenvalue weighted by Crippen LogP contribution is 2.33. The van der Waals surface area contributed by atoms with Crippen LogP contribution in [-0.2, 0) is 22.5 Å². The molecule has 0 spiro atoms. The van der Waals surface area contributed by atoms with Gasteiger partial charge in [-0.3, -0.25) is 4.90 Å². The van der Waals surface area contributed by atoms with E-state index in [1.165, 1.54) is 11.1 Å². The lowest BCUT2D eigenvalue weighted by atomic mass is 10.0. The second-order valence-electron chi connectivity index (χ2n) is 7.84. The SMILES string of the molecule is CN1CCN(Cc2ccc(C/C=C3/C[C@@H](c4ccccc4)OC3=O)cc2)CC1. The summed E-state index contributed by atoms with van der Waals surface area (Å²) in [6, 6.07) is 18.8. The highest BCUT2D eigenvalue weighted by atomic mass is 16.5. The zero-order valence-corrected chi connectivity index (χ0v) is 16.5. The summed E-state index contributed by atoms with van der Waals surface area (Å²) in [5, 5.41) is 0. The molecule has 2 saturated heterocycles. The Morgan fingerprint density at radius 2 is 1.64 bits per heavy atom. The van der Waals surface area contributed by atoms with E-state index in [1.54, 1.807) is 0 Å². The molecule has 2 fully saturated rings. The van der Waals surface area contributed by atoms with Gasteiger partial charge in [0.25, 0.3) is 0 Å². The second kappa shape index (κ2) is 8.72. The van der Waals surface area contributed by atoms with Gasteiger partial charge < -0.3 is 9.64 Å². The molecule has 2 heterocycles. The molecule has 4 nitrogen and oxygen atoms in total. The van der Waals surface area contributed by atoms with Crippen LogP contribution >= 0.6 is 0 Å². The zero-order valence-electron chi connectivity index (χ0n) is 16.5. The molecule has 2 aliphatic heterocycles. The van der Waals surface area contributed by atoms with Crippen molar-refractivity contribution >= 4 is 5.97 Å². The van der Waals surface area contributed by atoms with Crippen LogP contribution in [0, 0.1) is 0 Å². The van der Waals surface area contributed by atoms with Gasteiger partial charge in [0.15, 0.2) is 0 Å². The minimum atomic E-state index is -0.180. The monoisotopic (exact) mass is 376 g/mol. The first-order chi connectivity index (χ1) is 13.7. The summed E-state index contributed by atoms with van der Waals surface area (Å²) >= 11 is 0. The van der Waals surface area contributed by atoms with Crippen LogP contribution in [0.25, 0.3) is 0 Å². The third kappa shape index (κ3) is 4.70. The minimum absolute atomic E-state index is 0.147. The van der Waals surface area contributed by atoms with Gasteiger partial charge in [-0.1, -0.05) is 60.7 Å². The Kier molecular flexibility index (Phi) is 5.89. The lowest BCUT2D eigenvalue weighted by molar-refractivity contribution is -0.139. The number of ether oxygens (including phenoxy) is 1. The second-order valence-corrected chi connectivity index (χ2v) is 7.84. The van der Waals surface area contributed by atoms with Crippen LogP contribution in [0.1, 0.15) is 29.2 Å². The average Bonchev–Trinajstić information content (AvgIpc) is 3.10. The van der Waals surface area contributed by atoms with Gasteiger partial charge in [-0.15, -0.1) is 0 Å². The maximum Gasteiger partial charge on any atom is 0.334 e. The van der Waals surface area contributed by atoms with E-state index in [0.29, 0.717) is 6.42 Å². The molecule has 0 bridgehead atoms. The molecule has 0 amide bonds. The fourth-order valence-electron chi connectivity index (χ4n) is 3.84. The molecule has 28 heavy (non-hydrogen) atoms. The number of likely N-dealkylation sites (N-methyl/N-ethyl adjacent to an activating group) is 1. The molecule has 4 rings (SSSR count). The number of nitrogens with zero attached hydrogens (tertiary/aromatic N) is 2. The number of esters is 1. The molecule has 146 valence electrons. The zero-order chi connectivity index (χ0) is 19.3. The number of allylic oxidation sites excluding steroid dienone is 1.